The molecule has 0 aliphatic rings. The zero-order chi connectivity index (χ0) is 14.4. The smallest absolute Gasteiger partial charge is 0.174 e. The standard InChI is InChI=1S/C15H12F2N2O/c16-12-7-13(17)9-14(8-12)19-10-11-1-3-15(4-2-11)20-6-5-18/h1-4,7-9,19H,6,10H2. The molecule has 0 fully saturated rings. The molecule has 5 heteroatoms. The van der Waals surface area contributed by atoms with E-state index in [0.29, 0.717) is 18.0 Å². The van der Waals surface area contributed by atoms with E-state index < -0.39 is 11.6 Å². The summed E-state index contributed by atoms with van der Waals surface area (Å²) < 4.78 is 31.1. The van der Waals surface area contributed by atoms with Gasteiger partial charge in [0.2, 0.25) is 0 Å². The number of nitriles is 1. The Morgan fingerprint density at radius 2 is 1.70 bits per heavy atom. The molecule has 0 aromatic heterocycles. The van der Waals surface area contributed by atoms with Gasteiger partial charge in [-0.2, -0.15) is 5.26 Å². The van der Waals surface area contributed by atoms with Crippen molar-refractivity contribution in [3.8, 4) is 11.8 Å². The summed E-state index contributed by atoms with van der Waals surface area (Å²) in [4.78, 5) is 0. The summed E-state index contributed by atoms with van der Waals surface area (Å²) in [5.41, 5.74) is 1.31. The van der Waals surface area contributed by atoms with Crippen LogP contribution < -0.4 is 10.1 Å². The molecule has 0 atom stereocenters. The molecular formula is C15H12F2N2O. The highest BCUT2D eigenvalue weighted by Crippen LogP contribution is 2.16. The molecule has 1 N–H and O–H groups in total. The summed E-state index contributed by atoms with van der Waals surface area (Å²) >= 11 is 0. The average Bonchev–Trinajstić information content (AvgIpc) is 2.43. The molecule has 0 aliphatic heterocycles. The minimum Gasteiger partial charge on any atom is -0.479 e. The Bertz CT molecular complexity index is 601. The third kappa shape index (κ3) is 3.95. The lowest BCUT2D eigenvalue weighted by atomic mass is 10.2. The monoisotopic (exact) mass is 274 g/mol. The van der Waals surface area contributed by atoms with E-state index in [-0.39, 0.29) is 6.61 Å². The van der Waals surface area contributed by atoms with Crippen LogP contribution in [0, 0.1) is 23.0 Å². The fraction of sp³-hybridized carbons (Fsp3) is 0.133. The van der Waals surface area contributed by atoms with E-state index in [1.165, 1.54) is 12.1 Å². The lowest BCUT2D eigenvalue weighted by Crippen LogP contribution is -2.00. The number of nitrogens with one attached hydrogen (secondary N) is 1. The third-order valence-electron chi connectivity index (χ3n) is 2.59. The van der Waals surface area contributed by atoms with Crippen LogP contribution >= 0.6 is 0 Å². The maximum Gasteiger partial charge on any atom is 0.174 e. The van der Waals surface area contributed by atoms with E-state index in [4.69, 9.17) is 10.00 Å². The second kappa shape index (κ2) is 6.53. The molecule has 20 heavy (non-hydrogen) atoms. The van der Waals surface area contributed by atoms with E-state index in [1.54, 1.807) is 12.1 Å². The summed E-state index contributed by atoms with van der Waals surface area (Å²) in [7, 11) is 0. The number of halogens is 2. The van der Waals surface area contributed by atoms with E-state index in [0.717, 1.165) is 11.6 Å². The van der Waals surface area contributed by atoms with Crippen LogP contribution in [-0.2, 0) is 6.54 Å². The number of hydrogen-bond donors (Lipinski definition) is 1. The van der Waals surface area contributed by atoms with Gasteiger partial charge in [0.15, 0.2) is 6.61 Å². The van der Waals surface area contributed by atoms with Gasteiger partial charge < -0.3 is 10.1 Å². The Morgan fingerprint density at radius 3 is 2.30 bits per heavy atom. The maximum absolute atomic E-state index is 13.0. The van der Waals surface area contributed by atoms with E-state index in [9.17, 15) is 8.78 Å². The van der Waals surface area contributed by atoms with Crippen LogP contribution in [-0.4, -0.2) is 6.61 Å². The molecule has 0 spiro atoms. The lowest BCUT2D eigenvalue weighted by Gasteiger charge is -2.08. The Labute approximate surface area is 115 Å². The topological polar surface area (TPSA) is 45.0 Å². The van der Waals surface area contributed by atoms with Gasteiger partial charge in [0.25, 0.3) is 0 Å². The molecule has 2 rings (SSSR count). The second-order valence-electron chi connectivity index (χ2n) is 4.10. The van der Waals surface area contributed by atoms with Gasteiger partial charge in [-0.15, -0.1) is 0 Å². The number of nitrogens with zero attached hydrogens (tertiary/aromatic N) is 1. The zero-order valence-corrected chi connectivity index (χ0v) is 10.6. The number of anilines is 1. The van der Waals surface area contributed by atoms with Crippen molar-refractivity contribution in [2.75, 3.05) is 11.9 Å². The average molecular weight is 274 g/mol. The van der Waals surface area contributed by atoms with Gasteiger partial charge in [-0.05, 0) is 29.8 Å². The lowest BCUT2D eigenvalue weighted by molar-refractivity contribution is 0.368. The van der Waals surface area contributed by atoms with Gasteiger partial charge in [-0.1, -0.05) is 12.1 Å². The largest absolute Gasteiger partial charge is 0.479 e. The van der Waals surface area contributed by atoms with Crippen LogP contribution in [0.15, 0.2) is 42.5 Å². The number of hydrogen-bond acceptors (Lipinski definition) is 3. The molecule has 0 radical (unpaired) electrons. The van der Waals surface area contributed by atoms with Gasteiger partial charge in [-0.25, -0.2) is 8.78 Å². The van der Waals surface area contributed by atoms with Crippen LogP contribution in [0.4, 0.5) is 14.5 Å². The Hall–Kier alpha value is -2.61. The zero-order valence-electron chi connectivity index (χ0n) is 10.6. The second-order valence-corrected chi connectivity index (χ2v) is 4.10. The van der Waals surface area contributed by atoms with Gasteiger partial charge in [0.1, 0.15) is 23.5 Å². The summed E-state index contributed by atoms with van der Waals surface area (Å²) in [6, 6.07) is 12.3. The predicted octanol–water partition coefficient (Wildman–Crippen LogP) is 3.48. The van der Waals surface area contributed by atoms with Gasteiger partial charge >= 0.3 is 0 Å². The van der Waals surface area contributed by atoms with E-state index >= 15 is 0 Å². The van der Waals surface area contributed by atoms with Crippen LogP contribution in [0.2, 0.25) is 0 Å². The first-order valence-corrected chi connectivity index (χ1v) is 5.96. The summed E-state index contributed by atoms with van der Waals surface area (Å²) in [5.74, 6) is -0.632. The number of rotatable bonds is 5. The van der Waals surface area contributed by atoms with Crippen molar-refractivity contribution in [1.29, 1.82) is 5.26 Å². The van der Waals surface area contributed by atoms with Crippen molar-refractivity contribution in [3.63, 3.8) is 0 Å². The van der Waals surface area contributed by atoms with Crippen molar-refractivity contribution in [2.24, 2.45) is 0 Å². The van der Waals surface area contributed by atoms with Crippen LogP contribution in [0.1, 0.15) is 5.56 Å². The number of benzene rings is 2. The first kappa shape index (κ1) is 13.8. The van der Waals surface area contributed by atoms with Crippen LogP contribution in [0.25, 0.3) is 0 Å². The highest BCUT2D eigenvalue weighted by Gasteiger charge is 2.01. The molecule has 0 unspecified atom stereocenters. The fourth-order valence-electron chi connectivity index (χ4n) is 1.68. The van der Waals surface area contributed by atoms with Crippen molar-refractivity contribution >= 4 is 5.69 Å². The molecule has 0 saturated carbocycles. The minimum absolute atomic E-state index is 0.000164. The number of ether oxygens (including phenoxy) is 1. The van der Waals surface area contributed by atoms with Gasteiger partial charge in [-0.3, -0.25) is 0 Å². The summed E-state index contributed by atoms with van der Waals surface area (Å²) in [5, 5.41) is 11.3. The fourth-order valence-corrected chi connectivity index (χ4v) is 1.68. The molecule has 0 aliphatic carbocycles. The molecular weight excluding hydrogens is 262 g/mol. The summed E-state index contributed by atoms with van der Waals surface area (Å²) in [6.45, 7) is 0.432. The molecule has 0 amide bonds. The van der Waals surface area contributed by atoms with Crippen molar-refractivity contribution in [3.05, 3.63) is 59.7 Å². The molecule has 3 nitrogen and oxygen atoms in total. The minimum atomic E-state index is -0.618. The Balaban J connectivity index is 1.95. The van der Waals surface area contributed by atoms with E-state index in [2.05, 4.69) is 5.32 Å². The normalized spacial score (nSPS) is 9.85. The van der Waals surface area contributed by atoms with Gasteiger partial charge in [0, 0.05) is 18.3 Å². The SMILES string of the molecule is N#CCOc1ccc(CNc2cc(F)cc(F)c2)cc1. The Morgan fingerprint density at radius 1 is 1.05 bits per heavy atom. The highest BCUT2D eigenvalue weighted by molar-refractivity contribution is 5.44. The molecule has 102 valence electrons. The third-order valence-corrected chi connectivity index (χ3v) is 2.59. The quantitative estimate of drug-likeness (QED) is 0.907. The van der Waals surface area contributed by atoms with Gasteiger partial charge in [0.05, 0.1) is 0 Å². The van der Waals surface area contributed by atoms with Crippen LogP contribution in [0.3, 0.4) is 0 Å². The molecule has 2 aromatic carbocycles. The van der Waals surface area contributed by atoms with Crippen molar-refractivity contribution < 1.29 is 13.5 Å². The molecule has 0 saturated heterocycles. The first-order valence-electron chi connectivity index (χ1n) is 5.96. The maximum atomic E-state index is 13.0. The highest BCUT2D eigenvalue weighted by atomic mass is 19.1. The van der Waals surface area contributed by atoms with Crippen molar-refractivity contribution in [1.82, 2.24) is 0 Å². The summed E-state index contributed by atoms with van der Waals surface area (Å²) in [6.07, 6.45) is 0. The van der Waals surface area contributed by atoms with Crippen LogP contribution in [0.5, 0.6) is 5.75 Å². The van der Waals surface area contributed by atoms with Crippen molar-refractivity contribution in [2.45, 2.75) is 6.54 Å². The van der Waals surface area contributed by atoms with E-state index in [1.807, 2.05) is 18.2 Å². The molecule has 0 heterocycles. The molecule has 2 aromatic rings. The predicted molar refractivity (Wildman–Crippen MR) is 71.2 cm³/mol. The molecule has 0 bridgehead atoms. The first-order chi connectivity index (χ1) is 9.67. The Kier molecular flexibility index (Phi) is 4.51.